The number of carbonyl (C=O) groups is 4. The van der Waals surface area contributed by atoms with Crippen LogP contribution in [-0.2, 0) is 39.9 Å². The van der Waals surface area contributed by atoms with Gasteiger partial charge in [-0.25, -0.2) is 9.59 Å². The fourth-order valence-electron chi connectivity index (χ4n) is 2.33. The van der Waals surface area contributed by atoms with Gasteiger partial charge < -0.3 is 24.3 Å². The van der Waals surface area contributed by atoms with Crippen LogP contribution in [0.1, 0.15) is 59.9 Å². The summed E-state index contributed by atoms with van der Waals surface area (Å²) in [6.45, 7) is 9.93. The highest BCUT2D eigenvalue weighted by Crippen LogP contribution is 2.12. The van der Waals surface area contributed by atoms with Crippen molar-refractivity contribution in [3.8, 4) is 0 Å². The zero-order valence-corrected chi connectivity index (χ0v) is 19.6. The van der Waals surface area contributed by atoms with Crippen molar-refractivity contribution in [3.05, 3.63) is 35.9 Å². The maximum Gasteiger partial charge on any atom is 0.407 e. The molecule has 0 radical (unpaired) electrons. The van der Waals surface area contributed by atoms with Crippen molar-refractivity contribution in [1.82, 2.24) is 5.32 Å². The third kappa shape index (κ3) is 12.6. The number of nitrogens with one attached hydrogen (secondary N) is 1. The van der Waals surface area contributed by atoms with Crippen LogP contribution in [0.25, 0.3) is 0 Å². The average Bonchev–Trinajstić information content (AvgIpc) is 2.64. The molecule has 0 aliphatic heterocycles. The molecule has 1 amide bonds. The van der Waals surface area contributed by atoms with Gasteiger partial charge in [-0.2, -0.15) is 0 Å². The Hall–Kier alpha value is -3.10. The second-order valence-electron chi connectivity index (χ2n) is 9.05. The van der Waals surface area contributed by atoms with E-state index in [9.17, 15) is 19.2 Å². The smallest absolute Gasteiger partial charge is 0.407 e. The fraction of sp³-hybridized carbons (Fsp3) is 0.565. The molecular weight excluding hydrogens is 418 g/mol. The van der Waals surface area contributed by atoms with Crippen LogP contribution in [0.5, 0.6) is 0 Å². The van der Waals surface area contributed by atoms with Crippen LogP contribution in [0.2, 0.25) is 0 Å². The highest BCUT2D eigenvalue weighted by molar-refractivity contribution is 5.86. The normalized spacial score (nSPS) is 12.3. The van der Waals surface area contributed by atoms with Gasteiger partial charge in [-0.3, -0.25) is 9.59 Å². The first kappa shape index (κ1) is 26.9. The van der Waals surface area contributed by atoms with Gasteiger partial charge in [0.25, 0.3) is 0 Å². The molecule has 0 heterocycles. The zero-order chi connectivity index (χ0) is 24.4. The Labute approximate surface area is 188 Å². The van der Waals surface area contributed by atoms with Gasteiger partial charge in [0.05, 0.1) is 12.8 Å². The van der Waals surface area contributed by atoms with E-state index in [1.807, 2.05) is 18.2 Å². The first-order valence-corrected chi connectivity index (χ1v) is 10.3. The molecule has 0 spiro atoms. The van der Waals surface area contributed by atoms with Crippen molar-refractivity contribution in [2.45, 2.75) is 78.2 Å². The minimum atomic E-state index is -1.31. The topological polar surface area (TPSA) is 117 Å². The first-order valence-electron chi connectivity index (χ1n) is 10.3. The van der Waals surface area contributed by atoms with Crippen molar-refractivity contribution >= 4 is 24.0 Å². The van der Waals surface area contributed by atoms with Gasteiger partial charge in [0.1, 0.15) is 30.5 Å². The standard InChI is InChI=1S/C23H33NO8/c1-22(2,3)31-18(25)12-13-29-21(28)24-17(20(27)32-23(4,5)6)14-19(26)30-15-16-10-8-7-9-11-16/h7-11,17H,12-15H2,1-6H3,(H,24,28)/t17-/m0/s1. The number of carbonyl (C=O) groups excluding carboxylic acids is 4. The molecule has 9 nitrogen and oxygen atoms in total. The Balaban J connectivity index is 2.62. The zero-order valence-electron chi connectivity index (χ0n) is 19.6. The number of esters is 3. The number of hydrogen-bond acceptors (Lipinski definition) is 8. The molecule has 0 unspecified atom stereocenters. The molecule has 9 heteroatoms. The lowest BCUT2D eigenvalue weighted by Gasteiger charge is -2.24. The molecule has 1 atom stereocenters. The molecule has 0 aliphatic carbocycles. The predicted octanol–water partition coefficient (Wildman–Crippen LogP) is 3.29. The van der Waals surface area contributed by atoms with E-state index in [2.05, 4.69) is 5.32 Å². The minimum Gasteiger partial charge on any atom is -0.461 e. The van der Waals surface area contributed by atoms with E-state index in [1.54, 1.807) is 53.7 Å². The quantitative estimate of drug-likeness (QED) is 0.449. The molecule has 0 aliphatic rings. The second kappa shape index (κ2) is 12.1. The van der Waals surface area contributed by atoms with Gasteiger partial charge in [0.2, 0.25) is 0 Å². The van der Waals surface area contributed by atoms with E-state index in [0.29, 0.717) is 0 Å². The second-order valence-corrected chi connectivity index (χ2v) is 9.05. The fourth-order valence-corrected chi connectivity index (χ4v) is 2.33. The van der Waals surface area contributed by atoms with E-state index in [1.165, 1.54) is 0 Å². The molecule has 0 bridgehead atoms. The summed E-state index contributed by atoms with van der Waals surface area (Å²) < 4.78 is 20.5. The van der Waals surface area contributed by atoms with Crippen LogP contribution in [0.15, 0.2) is 30.3 Å². The maximum absolute atomic E-state index is 12.5. The first-order chi connectivity index (χ1) is 14.7. The molecule has 178 valence electrons. The number of alkyl carbamates (subject to hydrolysis) is 1. The third-order valence-electron chi connectivity index (χ3n) is 3.56. The average molecular weight is 452 g/mol. The number of rotatable bonds is 9. The monoisotopic (exact) mass is 451 g/mol. The molecule has 0 saturated carbocycles. The number of amides is 1. The van der Waals surface area contributed by atoms with E-state index in [0.717, 1.165) is 5.56 Å². The molecule has 0 fully saturated rings. The molecular formula is C23H33NO8. The largest absolute Gasteiger partial charge is 0.461 e. The molecule has 0 saturated heterocycles. The van der Waals surface area contributed by atoms with Gasteiger partial charge in [-0.15, -0.1) is 0 Å². The number of hydrogen-bond donors (Lipinski definition) is 1. The van der Waals surface area contributed by atoms with Crippen molar-refractivity contribution in [2.75, 3.05) is 6.61 Å². The Morgan fingerprint density at radius 3 is 2.00 bits per heavy atom. The van der Waals surface area contributed by atoms with Crippen molar-refractivity contribution in [1.29, 1.82) is 0 Å². The van der Waals surface area contributed by atoms with Crippen LogP contribution in [0.4, 0.5) is 4.79 Å². The van der Waals surface area contributed by atoms with Crippen molar-refractivity contribution < 1.29 is 38.1 Å². The van der Waals surface area contributed by atoms with Crippen LogP contribution >= 0.6 is 0 Å². The van der Waals surface area contributed by atoms with Gasteiger partial charge in [0, 0.05) is 0 Å². The lowest BCUT2D eigenvalue weighted by Crippen LogP contribution is -2.45. The maximum atomic E-state index is 12.5. The van der Waals surface area contributed by atoms with Crippen LogP contribution in [-0.4, -0.2) is 47.9 Å². The molecule has 0 aromatic heterocycles. The molecule has 32 heavy (non-hydrogen) atoms. The summed E-state index contributed by atoms with van der Waals surface area (Å²) in [6.07, 6.45) is -1.57. The summed E-state index contributed by atoms with van der Waals surface area (Å²) in [5.74, 6) is -2.03. The Bertz CT molecular complexity index is 777. The van der Waals surface area contributed by atoms with E-state index in [4.69, 9.17) is 18.9 Å². The minimum absolute atomic E-state index is 0.0288. The molecule has 1 N–H and O–H groups in total. The third-order valence-corrected chi connectivity index (χ3v) is 3.56. The van der Waals surface area contributed by atoms with E-state index < -0.39 is 47.7 Å². The number of ether oxygens (including phenoxy) is 4. The lowest BCUT2D eigenvalue weighted by atomic mass is 10.1. The van der Waals surface area contributed by atoms with Crippen LogP contribution < -0.4 is 5.32 Å². The van der Waals surface area contributed by atoms with E-state index >= 15 is 0 Å². The summed E-state index contributed by atoms with van der Waals surface area (Å²) in [7, 11) is 0. The Morgan fingerprint density at radius 1 is 0.844 bits per heavy atom. The van der Waals surface area contributed by atoms with Crippen LogP contribution in [0.3, 0.4) is 0 Å². The SMILES string of the molecule is CC(C)(C)OC(=O)CCOC(=O)N[C@@H](CC(=O)OCc1ccccc1)C(=O)OC(C)(C)C. The molecule has 1 aromatic carbocycles. The summed E-state index contributed by atoms with van der Waals surface area (Å²) in [5, 5.41) is 2.30. The highest BCUT2D eigenvalue weighted by atomic mass is 16.6. The van der Waals surface area contributed by atoms with Gasteiger partial charge in [0.15, 0.2) is 0 Å². The summed E-state index contributed by atoms with van der Waals surface area (Å²) >= 11 is 0. The lowest BCUT2D eigenvalue weighted by molar-refractivity contribution is -0.161. The Morgan fingerprint density at radius 2 is 1.44 bits per heavy atom. The molecule has 1 aromatic rings. The summed E-state index contributed by atoms with van der Waals surface area (Å²) in [6, 6.07) is 7.72. The van der Waals surface area contributed by atoms with Gasteiger partial charge in [-0.05, 0) is 47.1 Å². The van der Waals surface area contributed by atoms with Crippen molar-refractivity contribution in [3.63, 3.8) is 0 Å². The Kier molecular flexibility index (Phi) is 10.2. The van der Waals surface area contributed by atoms with Crippen LogP contribution in [0, 0.1) is 0 Å². The van der Waals surface area contributed by atoms with E-state index in [-0.39, 0.29) is 19.6 Å². The molecule has 1 rings (SSSR count). The number of benzene rings is 1. The summed E-state index contributed by atoms with van der Waals surface area (Å²) in [4.78, 5) is 48.5. The van der Waals surface area contributed by atoms with Gasteiger partial charge in [-0.1, -0.05) is 30.3 Å². The summed E-state index contributed by atoms with van der Waals surface area (Å²) in [5.41, 5.74) is -0.698. The highest BCUT2D eigenvalue weighted by Gasteiger charge is 2.30. The van der Waals surface area contributed by atoms with Gasteiger partial charge >= 0.3 is 24.0 Å². The predicted molar refractivity (Wildman–Crippen MR) is 115 cm³/mol. The van der Waals surface area contributed by atoms with Crippen molar-refractivity contribution in [2.24, 2.45) is 0 Å².